The smallest absolute Gasteiger partial charge is 0.307 e. The van der Waals surface area contributed by atoms with E-state index in [0.717, 1.165) is 0 Å². The van der Waals surface area contributed by atoms with Gasteiger partial charge in [-0.1, -0.05) is 20.8 Å². The summed E-state index contributed by atoms with van der Waals surface area (Å²) in [7, 11) is 0. The van der Waals surface area contributed by atoms with Gasteiger partial charge in [0, 0.05) is 12.5 Å². The van der Waals surface area contributed by atoms with Gasteiger partial charge in [0.25, 0.3) is 0 Å². The SMILES string of the molecule is CC(C)(C)C1CC(C(=O)O)CC(=O)N1. The second kappa shape index (κ2) is 3.59. The number of nitrogens with one attached hydrogen (secondary N) is 1. The van der Waals surface area contributed by atoms with Gasteiger partial charge >= 0.3 is 5.97 Å². The lowest BCUT2D eigenvalue weighted by molar-refractivity contribution is -0.147. The maximum absolute atomic E-state index is 11.3. The molecule has 2 atom stereocenters. The quantitative estimate of drug-likeness (QED) is 0.662. The van der Waals surface area contributed by atoms with Crippen LogP contribution in [0.4, 0.5) is 0 Å². The van der Waals surface area contributed by atoms with Crippen LogP contribution < -0.4 is 5.32 Å². The third kappa shape index (κ3) is 2.47. The molecule has 0 saturated carbocycles. The average Bonchev–Trinajstić information content (AvgIpc) is 2.01. The molecule has 1 heterocycles. The van der Waals surface area contributed by atoms with Crippen molar-refractivity contribution in [3.05, 3.63) is 0 Å². The van der Waals surface area contributed by atoms with E-state index in [2.05, 4.69) is 5.32 Å². The topological polar surface area (TPSA) is 66.4 Å². The van der Waals surface area contributed by atoms with Crippen molar-refractivity contribution in [3.8, 4) is 0 Å². The van der Waals surface area contributed by atoms with Crippen molar-refractivity contribution in [1.82, 2.24) is 5.32 Å². The molecule has 1 rings (SSSR count). The lowest BCUT2D eigenvalue weighted by atomic mass is 9.78. The maximum atomic E-state index is 11.3. The van der Waals surface area contributed by atoms with Gasteiger partial charge in [-0.15, -0.1) is 0 Å². The summed E-state index contributed by atoms with van der Waals surface area (Å²) in [5.74, 6) is -1.54. The maximum Gasteiger partial charge on any atom is 0.307 e. The van der Waals surface area contributed by atoms with Crippen molar-refractivity contribution in [2.75, 3.05) is 0 Å². The van der Waals surface area contributed by atoms with Crippen molar-refractivity contribution in [2.45, 2.75) is 39.7 Å². The standard InChI is InChI=1S/C10H17NO3/c1-10(2,3)7-4-6(9(13)14)5-8(12)11-7/h6-7H,4-5H2,1-3H3,(H,11,12)(H,13,14). The first-order valence-electron chi connectivity index (χ1n) is 4.83. The van der Waals surface area contributed by atoms with E-state index in [0.29, 0.717) is 6.42 Å². The van der Waals surface area contributed by atoms with E-state index >= 15 is 0 Å². The Kier molecular flexibility index (Phi) is 2.83. The summed E-state index contributed by atoms with van der Waals surface area (Å²) in [6.45, 7) is 6.01. The minimum absolute atomic E-state index is 0.0372. The molecular formula is C10H17NO3. The minimum atomic E-state index is -0.867. The first kappa shape index (κ1) is 11.0. The Hall–Kier alpha value is -1.06. The van der Waals surface area contributed by atoms with E-state index in [9.17, 15) is 9.59 Å². The van der Waals surface area contributed by atoms with Gasteiger partial charge in [-0.2, -0.15) is 0 Å². The molecule has 2 N–H and O–H groups in total. The van der Waals surface area contributed by atoms with E-state index < -0.39 is 11.9 Å². The molecule has 0 radical (unpaired) electrons. The van der Waals surface area contributed by atoms with Crippen molar-refractivity contribution in [1.29, 1.82) is 0 Å². The normalized spacial score (nSPS) is 28.4. The Morgan fingerprint density at radius 1 is 1.50 bits per heavy atom. The van der Waals surface area contributed by atoms with Crippen LogP contribution in [0.1, 0.15) is 33.6 Å². The molecule has 14 heavy (non-hydrogen) atoms. The second-order valence-electron chi connectivity index (χ2n) is 4.96. The van der Waals surface area contributed by atoms with Gasteiger partial charge in [0.2, 0.25) is 5.91 Å². The first-order chi connectivity index (χ1) is 6.30. The molecule has 0 aromatic rings. The Morgan fingerprint density at radius 2 is 2.07 bits per heavy atom. The fraction of sp³-hybridized carbons (Fsp3) is 0.800. The van der Waals surface area contributed by atoms with Crippen molar-refractivity contribution in [3.63, 3.8) is 0 Å². The van der Waals surface area contributed by atoms with Gasteiger partial charge in [-0.05, 0) is 11.8 Å². The molecule has 1 fully saturated rings. The molecule has 0 aromatic heterocycles. The lowest BCUT2D eigenvalue weighted by Crippen LogP contribution is -2.50. The highest BCUT2D eigenvalue weighted by Crippen LogP contribution is 2.29. The third-order valence-corrected chi connectivity index (χ3v) is 2.68. The van der Waals surface area contributed by atoms with Crippen LogP contribution in [0.5, 0.6) is 0 Å². The van der Waals surface area contributed by atoms with Crippen molar-refractivity contribution in [2.24, 2.45) is 11.3 Å². The molecular weight excluding hydrogens is 182 g/mol. The Morgan fingerprint density at radius 3 is 2.50 bits per heavy atom. The number of aliphatic carboxylic acids is 1. The molecule has 2 unspecified atom stereocenters. The van der Waals surface area contributed by atoms with Crippen LogP contribution in [0, 0.1) is 11.3 Å². The third-order valence-electron chi connectivity index (χ3n) is 2.68. The summed E-state index contributed by atoms with van der Waals surface area (Å²) in [5, 5.41) is 11.7. The largest absolute Gasteiger partial charge is 0.481 e. The molecule has 80 valence electrons. The van der Waals surface area contributed by atoms with E-state index in [-0.39, 0.29) is 23.8 Å². The van der Waals surface area contributed by atoms with E-state index in [1.807, 2.05) is 20.8 Å². The molecule has 0 aromatic carbocycles. The minimum Gasteiger partial charge on any atom is -0.481 e. The van der Waals surface area contributed by atoms with Crippen LogP contribution in [0.2, 0.25) is 0 Å². The summed E-state index contributed by atoms with van der Waals surface area (Å²) >= 11 is 0. The number of rotatable bonds is 1. The summed E-state index contributed by atoms with van der Waals surface area (Å²) < 4.78 is 0. The van der Waals surface area contributed by atoms with Crippen LogP contribution in [0.25, 0.3) is 0 Å². The molecule has 4 nitrogen and oxygen atoms in total. The molecule has 0 bridgehead atoms. The number of carbonyl (C=O) groups excluding carboxylic acids is 1. The Bertz CT molecular complexity index is 255. The number of hydrogen-bond acceptors (Lipinski definition) is 2. The van der Waals surface area contributed by atoms with Crippen LogP contribution in [-0.4, -0.2) is 23.0 Å². The van der Waals surface area contributed by atoms with Gasteiger partial charge in [-0.3, -0.25) is 9.59 Å². The Balaban J connectivity index is 2.73. The van der Waals surface area contributed by atoms with Crippen LogP contribution in [-0.2, 0) is 9.59 Å². The molecule has 0 spiro atoms. The van der Waals surface area contributed by atoms with E-state index in [4.69, 9.17) is 5.11 Å². The van der Waals surface area contributed by atoms with E-state index in [1.165, 1.54) is 0 Å². The molecule has 1 aliphatic rings. The molecule has 4 heteroatoms. The van der Waals surface area contributed by atoms with E-state index in [1.54, 1.807) is 0 Å². The van der Waals surface area contributed by atoms with Gasteiger partial charge in [0.1, 0.15) is 0 Å². The van der Waals surface area contributed by atoms with Crippen LogP contribution in [0.15, 0.2) is 0 Å². The van der Waals surface area contributed by atoms with Gasteiger partial charge in [-0.25, -0.2) is 0 Å². The highest BCUT2D eigenvalue weighted by molar-refractivity contribution is 5.83. The number of amides is 1. The van der Waals surface area contributed by atoms with Crippen LogP contribution in [0.3, 0.4) is 0 Å². The molecule has 1 saturated heterocycles. The summed E-state index contributed by atoms with van der Waals surface area (Å²) in [6, 6.07) is -0.0372. The monoisotopic (exact) mass is 199 g/mol. The highest BCUT2D eigenvalue weighted by Gasteiger charge is 2.36. The zero-order valence-corrected chi connectivity index (χ0v) is 8.83. The number of carbonyl (C=O) groups is 2. The summed E-state index contributed by atoms with van der Waals surface area (Å²) in [6.07, 6.45) is 0.645. The second-order valence-corrected chi connectivity index (χ2v) is 4.96. The number of carboxylic acids is 1. The summed E-state index contributed by atoms with van der Waals surface area (Å²) in [4.78, 5) is 22.1. The number of hydrogen-bond donors (Lipinski definition) is 2. The average molecular weight is 199 g/mol. The Labute approximate surface area is 83.7 Å². The van der Waals surface area contributed by atoms with Gasteiger partial charge in [0.05, 0.1) is 5.92 Å². The zero-order valence-electron chi connectivity index (χ0n) is 8.83. The van der Waals surface area contributed by atoms with Gasteiger partial charge in [0.15, 0.2) is 0 Å². The van der Waals surface area contributed by atoms with Crippen LogP contribution >= 0.6 is 0 Å². The van der Waals surface area contributed by atoms with Crippen molar-refractivity contribution >= 4 is 11.9 Å². The van der Waals surface area contributed by atoms with Gasteiger partial charge < -0.3 is 10.4 Å². The predicted octanol–water partition coefficient (Wildman–Crippen LogP) is 1.01. The molecule has 1 aliphatic heterocycles. The fourth-order valence-electron chi connectivity index (χ4n) is 1.66. The summed E-state index contributed by atoms with van der Waals surface area (Å²) in [5.41, 5.74) is -0.0796. The fourth-order valence-corrected chi connectivity index (χ4v) is 1.66. The highest BCUT2D eigenvalue weighted by atomic mass is 16.4. The number of carboxylic acid groups (broad SMARTS) is 1. The van der Waals surface area contributed by atoms with Crippen molar-refractivity contribution < 1.29 is 14.7 Å². The lowest BCUT2D eigenvalue weighted by Gasteiger charge is -2.36. The first-order valence-corrected chi connectivity index (χ1v) is 4.83. The number of piperidine rings is 1. The predicted molar refractivity (Wildman–Crippen MR) is 51.7 cm³/mol. The molecule has 1 amide bonds. The molecule has 0 aliphatic carbocycles. The zero-order chi connectivity index (χ0) is 10.9.